The Labute approximate surface area is 107 Å². The summed E-state index contributed by atoms with van der Waals surface area (Å²) in [6.45, 7) is 6.32. The standard InChI is InChI=1S/C13H18ClNO2/c1-4-12(13(16)15-5-2)17-10-6-7-11(14)9(3)8-10/h6-8,12H,4-5H2,1-3H3,(H,15,16). The number of nitrogens with one attached hydrogen (secondary N) is 1. The normalized spacial score (nSPS) is 12.0. The fourth-order valence-corrected chi connectivity index (χ4v) is 1.58. The zero-order chi connectivity index (χ0) is 12.8. The molecule has 0 radical (unpaired) electrons. The van der Waals surface area contributed by atoms with Crippen LogP contribution in [0, 0.1) is 6.92 Å². The van der Waals surface area contributed by atoms with Gasteiger partial charge in [0, 0.05) is 11.6 Å². The van der Waals surface area contributed by atoms with Gasteiger partial charge in [0.15, 0.2) is 6.10 Å². The highest BCUT2D eigenvalue weighted by Gasteiger charge is 2.17. The van der Waals surface area contributed by atoms with Gasteiger partial charge in [-0.15, -0.1) is 0 Å². The molecule has 1 amide bonds. The van der Waals surface area contributed by atoms with Gasteiger partial charge in [-0.05, 0) is 44.0 Å². The van der Waals surface area contributed by atoms with E-state index in [9.17, 15) is 4.79 Å². The topological polar surface area (TPSA) is 38.3 Å². The van der Waals surface area contributed by atoms with Gasteiger partial charge in [-0.1, -0.05) is 18.5 Å². The molecule has 0 aliphatic heterocycles. The lowest BCUT2D eigenvalue weighted by atomic mass is 10.2. The average molecular weight is 256 g/mol. The number of benzene rings is 1. The van der Waals surface area contributed by atoms with Crippen LogP contribution in [0.15, 0.2) is 18.2 Å². The summed E-state index contributed by atoms with van der Waals surface area (Å²) in [5, 5.41) is 3.45. The summed E-state index contributed by atoms with van der Waals surface area (Å²) in [6, 6.07) is 5.39. The second-order valence-corrected chi connectivity index (χ2v) is 4.23. The number of hydrogen-bond donors (Lipinski definition) is 1. The predicted molar refractivity (Wildman–Crippen MR) is 69.6 cm³/mol. The van der Waals surface area contributed by atoms with E-state index >= 15 is 0 Å². The number of hydrogen-bond acceptors (Lipinski definition) is 2. The summed E-state index contributed by atoms with van der Waals surface area (Å²) in [5.74, 6) is 0.590. The van der Waals surface area contributed by atoms with E-state index in [0.29, 0.717) is 23.7 Å². The molecule has 1 rings (SSSR count). The molecular weight excluding hydrogens is 238 g/mol. The molecule has 0 spiro atoms. The van der Waals surface area contributed by atoms with Crippen LogP contribution in [0.25, 0.3) is 0 Å². The third-order valence-corrected chi connectivity index (χ3v) is 2.85. The zero-order valence-corrected chi connectivity index (χ0v) is 11.2. The molecule has 4 heteroatoms. The van der Waals surface area contributed by atoms with Gasteiger partial charge in [0.05, 0.1) is 0 Å². The summed E-state index contributed by atoms with van der Waals surface area (Å²) in [4.78, 5) is 11.7. The SMILES string of the molecule is CCNC(=O)C(CC)Oc1ccc(Cl)c(C)c1. The third kappa shape index (κ3) is 3.93. The van der Waals surface area contributed by atoms with Crippen LogP contribution in [-0.2, 0) is 4.79 Å². The summed E-state index contributed by atoms with van der Waals surface area (Å²) in [6.07, 6.45) is 0.184. The highest BCUT2D eigenvalue weighted by molar-refractivity contribution is 6.31. The van der Waals surface area contributed by atoms with Crippen LogP contribution in [0.1, 0.15) is 25.8 Å². The van der Waals surface area contributed by atoms with Gasteiger partial charge in [-0.25, -0.2) is 0 Å². The van der Waals surface area contributed by atoms with E-state index in [0.717, 1.165) is 5.56 Å². The van der Waals surface area contributed by atoms with Crippen LogP contribution in [0.5, 0.6) is 5.75 Å². The molecule has 0 heterocycles. The van der Waals surface area contributed by atoms with E-state index in [1.54, 1.807) is 12.1 Å². The quantitative estimate of drug-likeness (QED) is 0.879. The monoisotopic (exact) mass is 255 g/mol. The minimum absolute atomic E-state index is 0.0809. The number of halogens is 1. The van der Waals surface area contributed by atoms with Gasteiger partial charge in [-0.2, -0.15) is 0 Å². The maximum absolute atomic E-state index is 11.7. The van der Waals surface area contributed by atoms with E-state index in [1.165, 1.54) is 0 Å². The first-order valence-corrected chi connectivity index (χ1v) is 6.16. The maximum Gasteiger partial charge on any atom is 0.261 e. The molecule has 0 aliphatic rings. The van der Waals surface area contributed by atoms with Crippen LogP contribution in [0.3, 0.4) is 0 Å². The van der Waals surface area contributed by atoms with Crippen LogP contribution in [0.2, 0.25) is 5.02 Å². The Morgan fingerprint density at radius 3 is 2.71 bits per heavy atom. The van der Waals surface area contributed by atoms with Crippen molar-refractivity contribution in [3.8, 4) is 5.75 Å². The molecule has 1 N–H and O–H groups in total. The van der Waals surface area contributed by atoms with E-state index < -0.39 is 6.10 Å². The Kier molecular flexibility index (Phi) is 5.29. The number of carbonyl (C=O) groups excluding carboxylic acids is 1. The number of aryl methyl sites for hydroxylation is 1. The number of amides is 1. The van der Waals surface area contributed by atoms with Crippen LogP contribution >= 0.6 is 11.6 Å². The summed E-state index contributed by atoms with van der Waals surface area (Å²) >= 11 is 5.93. The number of carbonyl (C=O) groups is 1. The molecule has 0 saturated carbocycles. The van der Waals surface area contributed by atoms with Crippen molar-refractivity contribution in [1.29, 1.82) is 0 Å². The first kappa shape index (κ1) is 13.8. The summed E-state index contributed by atoms with van der Waals surface area (Å²) in [5.41, 5.74) is 0.940. The Morgan fingerprint density at radius 1 is 1.47 bits per heavy atom. The van der Waals surface area contributed by atoms with Crippen molar-refractivity contribution >= 4 is 17.5 Å². The molecule has 94 valence electrons. The molecule has 1 atom stereocenters. The van der Waals surface area contributed by atoms with E-state index in [4.69, 9.17) is 16.3 Å². The van der Waals surface area contributed by atoms with Crippen molar-refractivity contribution in [1.82, 2.24) is 5.32 Å². The molecule has 3 nitrogen and oxygen atoms in total. The number of ether oxygens (including phenoxy) is 1. The predicted octanol–water partition coefficient (Wildman–Crippen LogP) is 2.94. The van der Waals surface area contributed by atoms with Gasteiger partial charge in [0.25, 0.3) is 5.91 Å². The van der Waals surface area contributed by atoms with E-state index in [1.807, 2.05) is 26.8 Å². The Morgan fingerprint density at radius 2 is 2.18 bits per heavy atom. The fraction of sp³-hybridized carbons (Fsp3) is 0.462. The highest BCUT2D eigenvalue weighted by Crippen LogP contribution is 2.22. The van der Waals surface area contributed by atoms with Crippen molar-refractivity contribution in [2.75, 3.05) is 6.54 Å². The Bertz CT molecular complexity index is 393. The summed E-state index contributed by atoms with van der Waals surface area (Å²) in [7, 11) is 0. The molecule has 0 bridgehead atoms. The zero-order valence-electron chi connectivity index (χ0n) is 10.4. The molecule has 0 aromatic heterocycles. The molecule has 0 saturated heterocycles. The first-order valence-electron chi connectivity index (χ1n) is 5.79. The van der Waals surface area contributed by atoms with E-state index in [2.05, 4.69) is 5.32 Å². The van der Waals surface area contributed by atoms with Crippen molar-refractivity contribution in [3.05, 3.63) is 28.8 Å². The van der Waals surface area contributed by atoms with Crippen molar-refractivity contribution in [2.24, 2.45) is 0 Å². The van der Waals surface area contributed by atoms with Gasteiger partial charge < -0.3 is 10.1 Å². The largest absolute Gasteiger partial charge is 0.481 e. The van der Waals surface area contributed by atoms with Gasteiger partial charge in [0.2, 0.25) is 0 Å². The van der Waals surface area contributed by atoms with Crippen LogP contribution in [0.4, 0.5) is 0 Å². The molecule has 17 heavy (non-hydrogen) atoms. The van der Waals surface area contributed by atoms with Crippen LogP contribution < -0.4 is 10.1 Å². The summed E-state index contributed by atoms with van der Waals surface area (Å²) < 4.78 is 5.64. The highest BCUT2D eigenvalue weighted by atomic mass is 35.5. The van der Waals surface area contributed by atoms with Gasteiger partial charge in [-0.3, -0.25) is 4.79 Å². The fourth-order valence-electron chi connectivity index (χ4n) is 1.47. The minimum atomic E-state index is -0.449. The van der Waals surface area contributed by atoms with Gasteiger partial charge in [0.1, 0.15) is 5.75 Å². The van der Waals surface area contributed by atoms with E-state index in [-0.39, 0.29) is 5.91 Å². The molecule has 1 aromatic carbocycles. The minimum Gasteiger partial charge on any atom is -0.481 e. The lowest BCUT2D eigenvalue weighted by Crippen LogP contribution is -2.37. The average Bonchev–Trinajstić information content (AvgIpc) is 2.30. The lowest BCUT2D eigenvalue weighted by molar-refractivity contribution is -0.128. The second kappa shape index (κ2) is 6.50. The van der Waals surface area contributed by atoms with Crippen molar-refractivity contribution < 1.29 is 9.53 Å². The Balaban J connectivity index is 2.73. The number of rotatable bonds is 5. The molecule has 1 aromatic rings. The third-order valence-electron chi connectivity index (χ3n) is 2.42. The smallest absolute Gasteiger partial charge is 0.261 e. The molecule has 0 fully saturated rings. The molecule has 0 aliphatic carbocycles. The maximum atomic E-state index is 11.7. The Hall–Kier alpha value is -1.22. The van der Waals surface area contributed by atoms with Crippen molar-refractivity contribution in [2.45, 2.75) is 33.3 Å². The molecular formula is C13H18ClNO2. The van der Waals surface area contributed by atoms with Gasteiger partial charge >= 0.3 is 0 Å². The van der Waals surface area contributed by atoms with Crippen LogP contribution in [-0.4, -0.2) is 18.6 Å². The first-order chi connectivity index (χ1) is 8.08. The van der Waals surface area contributed by atoms with Crippen molar-refractivity contribution in [3.63, 3.8) is 0 Å². The second-order valence-electron chi connectivity index (χ2n) is 3.82. The lowest BCUT2D eigenvalue weighted by Gasteiger charge is -2.17. The number of likely N-dealkylation sites (N-methyl/N-ethyl adjacent to an activating group) is 1. The molecule has 1 unspecified atom stereocenters.